The maximum Gasteiger partial charge on any atom is 0.243 e. The minimum absolute atomic E-state index is 0.0973. The number of piperidine rings is 1. The summed E-state index contributed by atoms with van der Waals surface area (Å²) < 4.78 is 40.6. The van der Waals surface area contributed by atoms with E-state index in [4.69, 9.17) is 11.6 Å². The van der Waals surface area contributed by atoms with Gasteiger partial charge in [-0.1, -0.05) is 24.4 Å². The molecule has 1 aliphatic heterocycles. The van der Waals surface area contributed by atoms with Gasteiger partial charge in [0, 0.05) is 12.6 Å². The topological polar surface area (TPSA) is 37.4 Å². The molecule has 2 atom stereocenters. The van der Waals surface area contributed by atoms with Crippen LogP contribution in [-0.4, -0.2) is 25.3 Å². The molecule has 1 heterocycles. The molecule has 0 N–H and O–H groups in total. The Morgan fingerprint density at radius 2 is 1.86 bits per heavy atom. The van der Waals surface area contributed by atoms with Crippen molar-refractivity contribution in [2.24, 2.45) is 5.92 Å². The predicted octanol–water partition coefficient (Wildman–Crippen LogP) is 3.82. The average Bonchev–Trinajstić information content (AvgIpc) is 2.49. The van der Waals surface area contributed by atoms with Crippen LogP contribution in [0.3, 0.4) is 0 Å². The Labute approximate surface area is 130 Å². The monoisotopic (exact) mass is 331 g/mol. The first-order valence-corrected chi connectivity index (χ1v) is 9.29. The number of halogens is 2. The van der Waals surface area contributed by atoms with Crippen molar-refractivity contribution < 1.29 is 12.8 Å². The summed E-state index contributed by atoms with van der Waals surface area (Å²) in [5, 5.41) is -0.145. The lowest BCUT2D eigenvalue weighted by Gasteiger charge is -2.43. The molecular formula is C15H19ClFNO2S. The molecule has 1 saturated heterocycles. The van der Waals surface area contributed by atoms with Gasteiger partial charge in [-0.3, -0.25) is 0 Å². The molecule has 6 heteroatoms. The minimum Gasteiger partial charge on any atom is -0.207 e. The zero-order valence-corrected chi connectivity index (χ0v) is 13.3. The first kappa shape index (κ1) is 15.3. The fourth-order valence-corrected chi connectivity index (χ4v) is 5.68. The van der Waals surface area contributed by atoms with E-state index < -0.39 is 15.8 Å². The van der Waals surface area contributed by atoms with Crippen molar-refractivity contribution in [3.63, 3.8) is 0 Å². The molecule has 0 spiro atoms. The van der Waals surface area contributed by atoms with E-state index in [1.54, 1.807) is 4.31 Å². The molecule has 0 bridgehead atoms. The molecule has 1 aromatic carbocycles. The molecule has 21 heavy (non-hydrogen) atoms. The van der Waals surface area contributed by atoms with Crippen LogP contribution in [0.25, 0.3) is 0 Å². The second-order valence-corrected chi connectivity index (χ2v) is 8.24. The Kier molecular flexibility index (Phi) is 4.26. The van der Waals surface area contributed by atoms with Crippen molar-refractivity contribution in [1.29, 1.82) is 0 Å². The Morgan fingerprint density at radius 1 is 1.14 bits per heavy atom. The van der Waals surface area contributed by atoms with Crippen molar-refractivity contribution in [2.75, 3.05) is 6.54 Å². The van der Waals surface area contributed by atoms with Crippen LogP contribution in [-0.2, 0) is 10.0 Å². The van der Waals surface area contributed by atoms with Crippen LogP contribution in [0, 0.1) is 11.7 Å². The van der Waals surface area contributed by atoms with Crippen molar-refractivity contribution >= 4 is 21.6 Å². The highest BCUT2D eigenvalue weighted by Gasteiger charge is 2.39. The molecular weight excluding hydrogens is 313 g/mol. The third-order valence-corrected chi connectivity index (χ3v) is 6.90. The van der Waals surface area contributed by atoms with E-state index in [9.17, 15) is 12.8 Å². The lowest BCUT2D eigenvalue weighted by molar-refractivity contribution is 0.129. The van der Waals surface area contributed by atoms with Crippen molar-refractivity contribution in [1.82, 2.24) is 4.31 Å². The van der Waals surface area contributed by atoms with Gasteiger partial charge in [0.05, 0.1) is 9.92 Å². The van der Waals surface area contributed by atoms with Crippen molar-refractivity contribution in [2.45, 2.75) is 49.5 Å². The minimum atomic E-state index is -3.59. The van der Waals surface area contributed by atoms with Gasteiger partial charge in [-0.25, -0.2) is 12.8 Å². The lowest BCUT2D eigenvalue weighted by atomic mass is 9.79. The number of hydrogen-bond acceptors (Lipinski definition) is 2. The van der Waals surface area contributed by atoms with Gasteiger partial charge in [0.2, 0.25) is 10.0 Å². The summed E-state index contributed by atoms with van der Waals surface area (Å²) in [5.41, 5.74) is 0. The summed E-state index contributed by atoms with van der Waals surface area (Å²) in [5.74, 6) is -0.122. The highest BCUT2D eigenvalue weighted by Crippen LogP contribution is 2.38. The molecule has 1 aliphatic carbocycles. The Balaban J connectivity index is 1.94. The Morgan fingerprint density at radius 3 is 2.62 bits per heavy atom. The van der Waals surface area contributed by atoms with Gasteiger partial charge < -0.3 is 0 Å². The van der Waals surface area contributed by atoms with E-state index in [1.165, 1.54) is 18.6 Å². The van der Waals surface area contributed by atoms with Crippen LogP contribution >= 0.6 is 11.6 Å². The number of rotatable bonds is 2. The van der Waals surface area contributed by atoms with Gasteiger partial charge in [0.15, 0.2) is 0 Å². The number of sulfonamides is 1. The molecule has 1 aromatic rings. The van der Waals surface area contributed by atoms with E-state index in [-0.39, 0.29) is 16.0 Å². The molecule has 3 nitrogen and oxygen atoms in total. The number of benzene rings is 1. The first-order chi connectivity index (χ1) is 10.00. The second kappa shape index (κ2) is 5.86. The van der Waals surface area contributed by atoms with Crippen molar-refractivity contribution in [3.05, 3.63) is 29.0 Å². The fourth-order valence-electron chi connectivity index (χ4n) is 3.65. The van der Waals surface area contributed by atoms with E-state index in [0.717, 1.165) is 38.2 Å². The summed E-state index contributed by atoms with van der Waals surface area (Å²) in [7, 11) is -3.59. The molecule has 0 amide bonds. The summed E-state index contributed by atoms with van der Waals surface area (Å²) in [4.78, 5) is 0.0973. The van der Waals surface area contributed by atoms with Crippen molar-refractivity contribution in [3.8, 4) is 0 Å². The zero-order valence-electron chi connectivity index (χ0n) is 11.8. The third kappa shape index (κ3) is 2.83. The average molecular weight is 332 g/mol. The fraction of sp³-hybridized carbons (Fsp3) is 0.600. The smallest absolute Gasteiger partial charge is 0.207 e. The Bertz CT molecular complexity index is 633. The highest BCUT2D eigenvalue weighted by molar-refractivity contribution is 7.89. The maximum absolute atomic E-state index is 13.3. The van der Waals surface area contributed by atoms with E-state index in [1.807, 2.05) is 0 Å². The molecule has 2 aliphatic rings. The van der Waals surface area contributed by atoms with E-state index >= 15 is 0 Å². The van der Waals surface area contributed by atoms with Crippen LogP contribution in [0.1, 0.15) is 38.5 Å². The van der Waals surface area contributed by atoms with Gasteiger partial charge in [-0.15, -0.1) is 0 Å². The van der Waals surface area contributed by atoms with E-state index in [0.29, 0.717) is 12.5 Å². The summed E-state index contributed by atoms with van der Waals surface area (Å²) in [6.45, 7) is 0.554. The summed E-state index contributed by atoms with van der Waals surface area (Å²) in [6, 6.07) is 3.75. The number of nitrogens with zero attached hydrogens (tertiary/aromatic N) is 1. The van der Waals surface area contributed by atoms with Gasteiger partial charge in [-0.2, -0.15) is 4.31 Å². The SMILES string of the molecule is O=S(=O)(c1ccc(F)c(Cl)c1)N1CCC[C@@H]2CCCC[C@@H]21. The first-order valence-electron chi connectivity index (χ1n) is 7.47. The third-order valence-electron chi connectivity index (χ3n) is 4.69. The van der Waals surface area contributed by atoms with Gasteiger partial charge in [0.1, 0.15) is 5.82 Å². The van der Waals surface area contributed by atoms with Gasteiger partial charge >= 0.3 is 0 Å². The molecule has 0 unspecified atom stereocenters. The Hall–Kier alpha value is -0.650. The predicted molar refractivity (Wildman–Crippen MR) is 80.3 cm³/mol. The van der Waals surface area contributed by atoms with Crippen LogP contribution in [0.15, 0.2) is 23.1 Å². The van der Waals surface area contributed by atoms with Crippen LogP contribution in [0.4, 0.5) is 4.39 Å². The lowest BCUT2D eigenvalue weighted by Crippen LogP contribution is -2.49. The number of fused-ring (bicyclic) bond motifs is 1. The zero-order chi connectivity index (χ0) is 15.0. The molecule has 0 aromatic heterocycles. The summed E-state index contributed by atoms with van der Waals surface area (Å²) >= 11 is 5.74. The molecule has 2 fully saturated rings. The van der Waals surface area contributed by atoms with Crippen LogP contribution in [0.5, 0.6) is 0 Å². The maximum atomic E-state index is 13.3. The number of hydrogen-bond donors (Lipinski definition) is 0. The molecule has 3 rings (SSSR count). The normalized spacial score (nSPS) is 27.3. The molecule has 0 radical (unpaired) electrons. The van der Waals surface area contributed by atoms with E-state index in [2.05, 4.69) is 0 Å². The van der Waals surface area contributed by atoms with Crippen LogP contribution in [0.2, 0.25) is 5.02 Å². The molecule has 116 valence electrons. The standard InChI is InChI=1S/C15H19ClFNO2S/c16-13-10-12(7-8-14(13)17)21(19,20)18-9-3-5-11-4-1-2-6-15(11)18/h7-8,10-11,15H,1-6,9H2/t11-,15-/m0/s1. The van der Waals surface area contributed by atoms with Crippen LogP contribution < -0.4 is 0 Å². The van der Waals surface area contributed by atoms with Gasteiger partial charge in [0.25, 0.3) is 0 Å². The summed E-state index contributed by atoms with van der Waals surface area (Å²) in [6.07, 6.45) is 6.32. The second-order valence-electron chi connectivity index (χ2n) is 5.95. The van der Waals surface area contributed by atoms with Gasteiger partial charge in [-0.05, 0) is 49.8 Å². The largest absolute Gasteiger partial charge is 0.243 e. The highest BCUT2D eigenvalue weighted by atomic mass is 35.5. The molecule has 1 saturated carbocycles. The quantitative estimate of drug-likeness (QED) is 0.826.